The van der Waals surface area contributed by atoms with E-state index in [2.05, 4.69) is 10.2 Å². The van der Waals surface area contributed by atoms with E-state index < -0.39 is 0 Å². The van der Waals surface area contributed by atoms with Crippen LogP contribution in [0, 0.1) is 5.92 Å². The first-order valence-electron chi connectivity index (χ1n) is 7.92. The van der Waals surface area contributed by atoms with Crippen molar-refractivity contribution in [3.63, 3.8) is 0 Å². The monoisotopic (exact) mass is 281 g/mol. The van der Waals surface area contributed by atoms with Gasteiger partial charge in [-0.05, 0) is 32.2 Å². The fourth-order valence-corrected chi connectivity index (χ4v) is 3.23. The van der Waals surface area contributed by atoms with Crippen molar-refractivity contribution in [3.8, 4) is 0 Å². The van der Waals surface area contributed by atoms with Gasteiger partial charge in [0.15, 0.2) is 0 Å². The van der Waals surface area contributed by atoms with Crippen molar-refractivity contribution in [2.24, 2.45) is 5.92 Å². The summed E-state index contributed by atoms with van der Waals surface area (Å²) in [6.45, 7) is 3.96. The van der Waals surface area contributed by atoms with Gasteiger partial charge >= 0.3 is 0 Å². The van der Waals surface area contributed by atoms with Gasteiger partial charge in [-0.25, -0.2) is 0 Å². The van der Waals surface area contributed by atoms with E-state index in [0.29, 0.717) is 6.54 Å². The summed E-state index contributed by atoms with van der Waals surface area (Å²) in [5, 5.41) is 2.72. The standard InChI is InChI=1S/C15H27N3O2/c1-16-15(20)13-7-6-8-17(11-13)12-14(19)18-9-4-2-3-5-10-18/h13H,2-12H2,1H3,(H,16,20). The first kappa shape index (κ1) is 15.3. The molecule has 0 aromatic carbocycles. The quantitative estimate of drug-likeness (QED) is 0.834. The predicted octanol–water partition coefficient (Wildman–Crippen LogP) is 0.847. The van der Waals surface area contributed by atoms with E-state index in [1.54, 1.807) is 7.05 Å². The van der Waals surface area contributed by atoms with Gasteiger partial charge in [0.25, 0.3) is 0 Å². The number of nitrogens with zero attached hydrogens (tertiary/aromatic N) is 2. The Morgan fingerprint density at radius 3 is 2.40 bits per heavy atom. The molecule has 20 heavy (non-hydrogen) atoms. The summed E-state index contributed by atoms with van der Waals surface area (Å²) in [4.78, 5) is 28.2. The summed E-state index contributed by atoms with van der Waals surface area (Å²) in [5.74, 6) is 0.395. The van der Waals surface area contributed by atoms with E-state index in [1.807, 2.05) is 4.90 Å². The van der Waals surface area contributed by atoms with Crippen LogP contribution in [0.2, 0.25) is 0 Å². The second kappa shape index (κ2) is 7.62. The van der Waals surface area contributed by atoms with Crippen molar-refractivity contribution in [2.75, 3.05) is 39.8 Å². The zero-order valence-corrected chi connectivity index (χ0v) is 12.6. The lowest BCUT2D eigenvalue weighted by Crippen LogP contribution is -2.47. The molecule has 2 amide bonds. The minimum atomic E-state index is 0.0469. The Bertz CT molecular complexity index is 338. The summed E-state index contributed by atoms with van der Waals surface area (Å²) in [6.07, 6.45) is 6.69. The van der Waals surface area contributed by atoms with Gasteiger partial charge in [0.2, 0.25) is 11.8 Å². The normalized spacial score (nSPS) is 25.1. The average Bonchev–Trinajstić information content (AvgIpc) is 2.76. The molecule has 2 aliphatic heterocycles. The van der Waals surface area contributed by atoms with Crippen LogP contribution in [0.15, 0.2) is 0 Å². The SMILES string of the molecule is CNC(=O)C1CCCN(CC(=O)N2CCCCCC2)C1. The number of piperidine rings is 1. The Hall–Kier alpha value is -1.10. The third-order valence-electron chi connectivity index (χ3n) is 4.44. The number of hydrogen-bond acceptors (Lipinski definition) is 3. The van der Waals surface area contributed by atoms with Crippen molar-refractivity contribution >= 4 is 11.8 Å². The Morgan fingerprint density at radius 2 is 1.75 bits per heavy atom. The van der Waals surface area contributed by atoms with E-state index in [0.717, 1.165) is 51.9 Å². The number of nitrogens with one attached hydrogen (secondary N) is 1. The number of carbonyl (C=O) groups excluding carboxylic acids is 2. The van der Waals surface area contributed by atoms with Crippen molar-refractivity contribution < 1.29 is 9.59 Å². The molecule has 0 aromatic heterocycles. The molecule has 2 aliphatic rings. The minimum Gasteiger partial charge on any atom is -0.359 e. The fourth-order valence-electron chi connectivity index (χ4n) is 3.23. The lowest BCUT2D eigenvalue weighted by atomic mass is 9.97. The first-order chi connectivity index (χ1) is 9.70. The lowest BCUT2D eigenvalue weighted by molar-refractivity contribution is -0.134. The van der Waals surface area contributed by atoms with Gasteiger partial charge < -0.3 is 10.2 Å². The molecule has 0 aliphatic carbocycles. The van der Waals surface area contributed by atoms with E-state index in [-0.39, 0.29) is 17.7 Å². The highest BCUT2D eigenvalue weighted by Crippen LogP contribution is 2.17. The highest BCUT2D eigenvalue weighted by atomic mass is 16.2. The maximum Gasteiger partial charge on any atom is 0.236 e. The molecule has 5 nitrogen and oxygen atoms in total. The van der Waals surface area contributed by atoms with Gasteiger partial charge in [0, 0.05) is 26.7 Å². The molecule has 2 heterocycles. The lowest BCUT2D eigenvalue weighted by Gasteiger charge is -2.32. The van der Waals surface area contributed by atoms with Crippen LogP contribution < -0.4 is 5.32 Å². The van der Waals surface area contributed by atoms with Crippen LogP contribution in [0.5, 0.6) is 0 Å². The largest absolute Gasteiger partial charge is 0.359 e. The second-order valence-electron chi connectivity index (χ2n) is 5.98. The fraction of sp³-hybridized carbons (Fsp3) is 0.867. The summed E-state index contributed by atoms with van der Waals surface area (Å²) in [5.41, 5.74) is 0. The van der Waals surface area contributed by atoms with Gasteiger partial charge in [0.05, 0.1) is 12.5 Å². The van der Waals surface area contributed by atoms with Crippen LogP contribution in [-0.4, -0.2) is 61.4 Å². The Labute approximate surface area is 121 Å². The van der Waals surface area contributed by atoms with Gasteiger partial charge in [-0.1, -0.05) is 12.8 Å². The zero-order valence-electron chi connectivity index (χ0n) is 12.6. The number of amides is 2. The average molecular weight is 281 g/mol. The molecule has 1 N–H and O–H groups in total. The first-order valence-corrected chi connectivity index (χ1v) is 7.92. The third-order valence-corrected chi connectivity index (χ3v) is 4.44. The topological polar surface area (TPSA) is 52.7 Å². The predicted molar refractivity (Wildman–Crippen MR) is 78.3 cm³/mol. The number of carbonyl (C=O) groups is 2. The molecule has 0 spiro atoms. The second-order valence-corrected chi connectivity index (χ2v) is 5.98. The molecular weight excluding hydrogens is 254 g/mol. The van der Waals surface area contributed by atoms with Crippen molar-refractivity contribution in [1.29, 1.82) is 0 Å². The van der Waals surface area contributed by atoms with Crippen LogP contribution >= 0.6 is 0 Å². The molecule has 2 saturated heterocycles. The highest BCUT2D eigenvalue weighted by molar-refractivity contribution is 5.80. The van der Waals surface area contributed by atoms with Crippen LogP contribution in [-0.2, 0) is 9.59 Å². The summed E-state index contributed by atoms with van der Waals surface area (Å²) >= 11 is 0. The van der Waals surface area contributed by atoms with Crippen LogP contribution in [0.25, 0.3) is 0 Å². The number of rotatable bonds is 3. The molecule has 1 atom stereocenters. The molecule has 0 bridgehead atoms. The van der Waals surface area contributed by atoms with Crippen molar-refractivity contribution in [2.45, 2.75) is 38.5 Å². The minimum absolute atomic E-state index is 0.0469. The Balaban J connectivity index is 1.82. The maximum absolute atomic E-state index is 12.3. The Kier molecular flexibility index (Phi) is 5.83. The van der Waals surface area contributed by atoms with Gasteiger partial charge in [-0.3, -0.25) is 14.5 Å². The maximum atomic E-state index is 12.3. The van der Waals surface area contributed by atoms with E-state index in [4.69, 9.17) is 0 Å². The molecule has 0 radical (unpaired) electrons. The highest BCUT2D eigenvalue weighted by Gasteiger charge is 2.27. The van der Waals surface area contributed by atoms with Crippen molar-refractivity contribution in [3.05, 3.63) is 0 Å². The molecule has 0 aromatic rings. The van der Waals surface area contributed by atoms with E-state index >= 15 is 0 Å². The van der Waals surface area contributed by atoms with E-state index in [1.165, 1.54) is 12.8 Å². The summed E-state index contributed by atoms with van der Waals surface area (Å²) in [7, 11) is 1.68. The third kappa shape index (κ3) is 4.20. The van der Waals surface area contributed by atoms with Crippen molar-refractivity contribution in [1.82, 2.24) is 15.1 Å². The molecule has 2 fully saturated rings. The van der Waals surface area contributed by atoms with Crippen LogP contribution in [0.3, 0.4) is 0 Å². The molecule has 0 saturated carbocycles. The zero-order chi connectivity index (χ0) is 14.4. The van der Waals surface area contributed by atoms with Gasteiger partial charge in [-0.15, -0.1) is 0 Å². The smallest absolute Gasteiger partial charge is 0.236 e. The number of hydrogen-bond donors (Lipinski definition) is 1. The summed E-state index contributed by atoms with van der Waals surface area (Å²) in [6, 6.07) is 0. The Morgan fingerprint density at radius 1 is 1.05 bits per heavy atom. The van der Waals surface area contributed by atoms with Crippen LogP contribution in [0.4, 0.5) is 0 Å². The molecule has 1 unspecified atom stereocenters. The van der Waals surface area contributed by atoms with E-state index in [9.17, 15) is 9.59 Å². The molecule has 114 valence electrons. The summed E-state index contributed by atoms with van der Waals surface area (Å²) < 4.78 is 0. The van der Waals surface area contributed by atoms with Crippen LogP contribution in [0.1, 0.15) is 38.5 Å². The molecule has 5 heteroatoms. The molecule has 2 rings (SSSR count). The van der Waals surface area contributed by atoms with Gasteiger partial charge in [-0.2, -0.15) is 0 Å². The number of likely N-dealkylation sites (tertiary alicyclic amines) is 2. The van der Waals surface area contributed by atoms with Gasteiger partial charge in [0.1, 0.15) is 0 Å². The molecular formula is C15H27N3O2.